The average Bonchev–Trinajstić information content (AvgIpc) is 2.97. The summed E-state index contributed by atoms with van der Waals surface area (Å²) in [7, 11) is 1.66. The zero-order valence-corrected chi connectivity index (χ0v) is 13.4. The number of fused-ring (bicyclic) bond motifs is 1. The highest BCUT2D eigenvalue weighted by atomic mass is 16.5. The van der Waals surface area contributed by atoms with Crippen LogP contribution in [-0.4, -0.2) is 28.6 Å². The van der Waals surface area contributed by atoms with E-state index in [1.807, 2.05) is 35.2 Å². The number of rotatable bonds is 5. The second kappa shape index (κ2) is 6.67. The number of hydrogen-bond acceptors (Lipinski definition) is 3. The summed E-state index contributed by atoms with van der Waals surface area (Å²) in [4.78, 5) is 0. The van der Waals surface area contributed by atoms with Gasteiger partial charge in [-0.1, -0.05) is 29.8 Å². The summed E-state index contributed by atoms with van der Waals surface area (Å²) < 4.78 is 7.18. The van der Waals surface area contributed by atoms with Crippen molar-refractivity contribution in [1.82, 2.24) is 9.78 Å². The van der Waals surface area contributed by atoms with Gasteiger partial charge in [-0.2, -0.15) is 5.10 Å². The molecule has 0 saturated heterocycles. The molecule has 0 unspecified atom stereocenters. The monoisotopic (exact) mass is 308 g/mol. The number of aromatic nitrogens is 2. The fourth-order valence-corrected chi connectivity index (χ4v) is 2.64. The summed E-state index contributed by atoms with van der Waals surface area (Å²) in [6.07, 6.45) is 6.51. The molecule has 0 aliphatic carbocycles. The van der Waals surface area contributed by atoms with Crippen LogP contribution in [0.4, 0.5) is 0 Å². The van der Waals surface area contributed by atoms with Crippen molar-refractivity contribution < 1.29 is 9.84 Å². The standard InChI is InChI=1S/C19H20N2O2/c1-14-6-9-19(15(11-14)5-3-4-10-22)21-13-16-12-17(23-2)7-8-18(16)20-21/h3-4,6-9,11-13,22H,5,10H2,1-2H3/b4-3+. The molecule has 0 bridgehead atoms. The number of aliphatic hydroxyl groups is 1. The van der Waals surface area contributed by atoms with Crippen LogP contribution in [0.1, 0.15) is 11.1 Å². The normalized spacial score (nSPS) is 11.4. The maximum atomic E-state index is 8.91. The van der Waals surface area contributed by atoms with Crippen LogP contribution in [0.5, 0.6) is 5.75 Å². The molecule has 2 aromatic carbocycles. The molecular weight excluding hydrogens is 288 g/mol. The molecule has 0 aliphatic heterocycles. The quantitative estimate of drug-likeness (QED) is 0.735. The van der Waals surface area contributed by atoms with Gasteiger partial charge < -0.3 is 9.84 Å². The lowest BCUT2D eigenvalue weighted by atomic mass is 10.1. The Morgan fingerprint density at radius 3 is 2.83 bits per heavy atom. The van der Waals surface area contributed by atoms with E-state index in [0.29, 0.717) is 0 Å². The summed E-state index contributed by atoms with van der Waals surface area (Å²) in [5.41, 5.74) is 4.37. The molecule has 1 N–H and O–H groups in total. The molecule has 0 atom stereocenters. The number of hydrogen-bond donors (Lipinski definition) is 1. The fourth-order valence-electron chi connectivity index (χ4n) is 2.64. The summed E-state index contributed by atoms with van der Waals surface area (Å²) in [5, 5.41) is 14.6. The first-order valence-corrected chi connectivity index (χ1v) is 7.60. The number of methoxy groups -OCH3 is 1. The van der Waals surface area contributed by atoms with Gasteiger partial charge in [-0.25, -0.2) is 4.68 Å². The molecule has 0 spiro atoms. The van der Waals surface area contributed by atoms with Crippen LogP contribution >= 0.6 is 0 Å². The minimum absolute atomic E-state index is 0.0621. The number of benzene rings is 2. The summed E-state index contributed by atoms with van der Waals surface area (Å²) >= 11 is 0. The van der Waals surface area contributed by atoms with E-state index in [-0.39, 0.29) is 6.61 Å². The molecule has 0 fully saturated rings. The number of allylic oxidation sites excluding steroid dienone is 1. The first-order valence-electron chi connectivity index (χ1n) is 7.60. The van der Waals surface area contributed by atoms with Gasteiger partial charge in [-0.15, -0.1) is 0 Å². The first-order chi connectivity index (χ1) is 11.2. The molecule has 118 valence electrons. The van der Waals surface area contributed by atoms with Crippen molar-refractivity contribution >= 4 is 10.9 Å². The second-order valence-electron chi connectivity index (χ2n) is 5.49. The van der Waals surface area contributed by atoms with E-state index >= 15 is 0 Å². The van der Waals surface area contributed by atoms with Crippen molar-refractivity contribution in [3.8, 4) is 11.4 Å². The average molecular weight is 308 g/mol. The van der Waals surface area contributed by atoms with E-state index in [1.165, 1.54) is 11.1 Å². The van der Waals surface area contributed by atoms with Gasteiger partial charge >= 0.3 is 0 Å². The Bertz CT molecular complexity index is 850. The zero-order valence-electron chi connectivity index (χ0n) is 13.4. The van der Waals surface area contributed by atoms with Crippen LogP contribution in [0.3, 0.4) is 0 Å². The lowest BCUT2D eigenvalue weighted by Gasteiger charge is -2.09. The molecule has 3 aromatic rings. The van der Waals surface area contributed by atoms with E-state index < -0.39 is 0 Å². The third kappa shape index (κ3) is 3.27. The van der Waals surface area contributed by atoms with Crippen molar-refractivity contribution in [3.05, 3.63) is 65.9 Å². The van der Waals surface area contributed by atoms with Crippen molar-refractivity contribution in [1.29, 1.82) is 0 Å². The molecular formula is C19H20N2O2. The highest BCUT2D eigenvalue weighted by molar-refractivity contribution is 5.80. The van der Waals surface area contributed by atoms with E-state index in [9.17, 15) is 0 Å². The van der Waals surface area contributed by atoms with Gasteiger partial charge in [-0.05, 0) is 43.2 Å². The molecule has 4 nitrogen and oxygen atoms in total. The first kappa shape index (κ1) is 15.3. The molecule has 1 heterocycles. The topological polar surface area (TPSA) is 47.3 Å². The largest absolute Gasteiger partial charge is 0.497 e. The Labute approximate surface area is 135 Å². The maximum Gasteiger partial charge on any atom is 0.119 e. The zero-order chi connectivity index (χ0) is 16.2. The minimum atomic E-state index is 0.0621. The van der Waals surface area contributed by atoms with Crippen molar-refractivity contribution in [3.63, 3.8) is 0 Å². The van der Waals surface area contributed by atoms with E-state index in [0.717, 1.165) is 28.8 Å². The molecule has 1 aromatic heterocycles. The van der Waals surface area contributed by atoms with Crippen molar-refractivity contribution in [2.24, 2.45) is 0 Å². The Balaban J connectivity index is 2.05. The third-order valence-corrected chi connectivity index (χ3v) is 3.80. The highest BCUT2D eigenvalue weighted by Gasteiger charge is 2.08. The van der Waals surface area contributed by atoms with Gasteiger partial charge in [0.25, 0.3) is 0 Å². The Morgan fingerprint density at radius 1 is 1.17 bits per heavy atom. The number of ether oxygens (including phenoxy) is 1. The number of nitrogens with zero attached hydrogens (tertiary/aromatic N) is 2. The van der Waals surface area contributed by atoms with Gasteiger partial charge in [0, 0.05) is 11.6 Å². The van der Waals surface area contributed by atoms with Crippen LogP contribution in [-0.2, 0) is 6.42 Å². The van der Waals surface area contributed by atoms with E-state index in [1.54, 1.807) is 13.2 Å². The van der Waals surface area contributed by atoms with Crippen molar-refractivity contribution in [2.75, 3.05) is 13.7 Å². The SMILES string of the molecule is COc1ccc2nn(-c3ccc(C)cc3C/C=C/CO)cc2c1. The summed E-state index contributed by atoms with van der Waals surface area (Å²) in [5.74, 6) is 0.826. The van der Waals surface area contributed by atoms with Crippen LogP contribution in [0.25, 0.3) is 16.6 Å². The molecule has 3 rings (SSSR count). The molecule has 0 aliphatic rings. The van der Waals surface area contributed by atoms with E-state index in [2.05, 4.69) is 30.2 Å². The number of aryl methyl sites for hydroxylation is 1. The maximum absolute atomic E-state index is 8.91. The van der Waals surface area contributed by atoms with Crippen LogP contribution in [0, 0.1) is 6.92 Å². The fraction of sp³-hybridized carbons (Fsp3) is 0.211. The Hall–Kier alpha value is -2.59. The van der Waals surface area contributed by atoms with Gasteiger partial charge in [0.05, 0.1) is 24.9 Å². The molecule has 0 radical (unpaired) electrons. The van der Waals surface area contributed by atoms with Gasteiger partial charge in [0.15, 0.2) is 0 Å². The van der Waals surface area contributed by atoms with Crippen LogP contribution in [0.2, 0.25) is 0 Å². The second-order valence-corrected chi connectivity index (χ2v) is 5.49. The smallest absolute Gasteiger partial charge is 0.119 e. The van der Waals surface area contributed by atoms with E-state index in [4.69, 9.17) is 9.84 Å². The van der Waals surface area contributed by atoms with Gasteiger partial charge in [0.1, 0.15) is 5.75 Å². The van der Waals surface area contributed by atoms with Gasteiger partial charge in [-0.3, -0.25) is 0 Å². The van der Waals surface area contributed by atoms with Crippen LogP contribution in [0.15, 0.2) is 54.7 Å². The highest BCUT2D eigenvalue weighted by Crippen LogP contribution is 2.23. The third-order valence-electron chi connectivity index (χ3n) is 3.80. The van der Waals surface area contributed by atoms with Crippen LogP contribution < -0.4 is 4.74 Å². The lowest BCUT2D eigenvalue weighted by molar-refractivity contribution is 0.342. The molecule has 0 saturated carbocycles. The lowest BCUT2D eigenvalue weighted by Crippen LogP contribution is -2.00. The van der Waals surface area contributed by atoms with Crippen molar-refractivity contribution in [2.45, 2.75) is 13.3 Å². The molecule has 0 amide bonds. The predicted octanol–water partition coefficient (Wildman–Crippen LogP) is 3.43. The Morgan fingerprint density at radius 2 is 2.04 bits per heavy atom. The van der Waals surface area contributed by atoms with Gasteiger partial charge in [0.2, 0.25) is 0 Å². The molecule has 4 heteroatoms. The molecule has 23 heavy (non-hydrogen) atoms. The minimum Gasteiger partial charge on any atom is -0.497 e. The number of aliphatic hydroxyl groups excluding tert-OH is 1. The summed E-state index contributed by atoms with van der Waals surface area (Å²) in [6.45, 7) is 2.14. The predicted molar refractivity (Wildman–Crippen MR) is 92.3 cm³/mol. The summed E-state index contributed by atoms with van der Waals surface area (Å²) in [6, 6.07) is 12.2. The Kier molecular flexibility index (Phi) is 4.44.